The number of anilines is 1. The Bertz CT molecular complexity index is 1370. The zero-order chi connectivity index (χ0) is 23.5. The van der Waals surface area contributed by atoms with E-state index >= 15 is 0 Å². The number of aryl methyl sites for hydroxylation is 3. The number of hydrogen-bond donors (Lipinski definition) is 1. The first-order chi connectivity index (χ1) is 15.9. The number of amides is 1. The molecule has 1 N–H and O–H groups in total. The van der Waals surface area contributed by atoms with Gasteiger partial charge < -0.3 is 10.1 Å². The molecular weight excluding hydrogens is 454 g/mol. The smallest absolute Gasteiger partial charge is 0.272 e. The van der Waals surface area contributed by atoms with Crippen molar-refractivity contribution in [1.82, 2.24) is 9.55 Å². The first-order valence-corrected chi connectivity index (χ1v) is 12.3. The minimum absolute atomic E-state index is 0.117. The second-order valence-electron chi connectivity index (χ2n) is 7.84. The van der Waals surface area contributed by atoms with Crippen LogP contribution in [0.2, 0.25) is 0 Å². The van der Waals surface area contributed by atoms with Crippen molar-refractivity contribution >= 4 is 44.9 Å². The van der Waals surface area contributed by atoms with Crippen LogP contribution in [0, 0.1) is 20.8 Å². The van der Waals surface area contributed by atoms with Crippen LogP contribution in [-0.4, -0.2) is 28.3 Å². The molecule has 0 bridgehead atoms. The number of thioether (sulfide) groups is 1. The first-order valence-electron chi connectivity index (χ1n) is 10.5. The molecule has 6 nitrogen and oxygen atoms in total. The highest BCUT2D eigenvalue weighted by molar-refractivity contribution is 7.99. The number of nitrogens with one attached hydrogen (secondary N) is 1. The van der Waals surface area contributed by atoms with Crippen molar-refractivity contribution in [3.63, 3.8) is 0 Å². The third kappa shape index (κ3) is 4.96. The summed E-state index contributed by atoms with van der Waals surface area (Å²) in [6.07, 6.45) is 0. The fourth-order valence-corrected chi connectivity index (χ4v) is 5.44. The van der Waals surface area contributed by atoms with Crippen LogP contribution in [0.3, 0.4) is 0 Å². The van der Waals surface area contributed by atoms with Crippen molar-refractivity contribution < 1.29 is 9.53 Å². The highest BCUT2D eigenvalue weighted by atomic mass is 32.2. The van der Waals surface area contributed by atoms with E-state index in [0.29, 0.717) is 27.7 Å². The van der Waals surface area contributed by atoms with Crippen molar-refractivity contribution in [2.75, 3.05) is 18.2 Å². The van der Waals surface area contributed by atoms with E-state index in [9.17, 15) is 9.59 Å². The van der Waals surface area contributed by atoms with Gasteiger partial charge in [-0.25, -0.2) is 4.98 Å². The number of carbonyl (C=O) groups excluding carboxylic acids is 1. The minimum Gasteiger partial charge on any atom is -0.496 e. The number of hydrogen-bond acceptors (Lipinski definition) is 6. The van der Waals surface area contributed by atoms with Crippen LogP contribution in [0.1, 0.15) is 22.3 Å². The second kappa shape index (κ2) is 9.80. The van der Waals surface area contributed by atoms with Crippen LogP contribution in [0.25, 0.3) is 10.2 Å². The van der Waals surface area contributed by atoms with Crippen LogP contribution in [0.5, 0.6) is 5.75 Å². The lowest BCUT2D eigenvalue weighted by molar-refractivity contribution is -0.113. The van der Waals surface area contributed by atoms with E-state index in [4.69, 9.17) is 4.74 Å². The van der Waals surface area contributed by atoms with Crippen molar-refractivity contribution in [1.29, 1.82) is 0 Å². The lowest BCUT2D eigenvalue weighted by Gasteiger charge is -2.15. The zero-order valence-corrected chi connectivity index (χ0v) is 20.6. The van der Waals surface area contributed by atoms with E-state index in [2.05, 4.69) is 10.3 Å². The van der Waals surface area contributed by atoms with Gasteiger partial charge in [0.25, 0.3) is 5.56 Å². The van der Waals surface area contributed by atoms with Gasteiger partial charge in [-0.15, -0.1) is 11.3 Å². The fraction of sp³-hybridized carbons (Fsp3) is 0.240. The molecule has 2 aromatic heterocycles. The molecule has 0 aliphatic rings. The molecule has 0 saturated carbocycles. The third-order valence-electron chi connectivity index (χ3n) is 5.33. The Morgan fingerprint density at radius 1 is 1.15 bits per heavy atom. The van der Waals surface area contributed by atoms with Gasteiger partial charge in [0, 0.05) is 11.3 Å². The molecule has 0 fully saturated rings. The molecule has 0 aliphatic carbocycles. The van der Waals surface area contributed by atoms with Gasteiger partial charge in [-0.3, -0.25) is 14.2 Å². The van der Waals surface area contributed by atoms with Gasteiger partial charge in [0.2, 0.25) is 5.91 Å². The molecule has 0 atom stereocenters. The predicted octanol–water partition coefficient (Wildman–Crippen LogP) is 5.17. The number of benzene rings is 2. The normalized spacial score (nSPS) is 11.0. The second-order valence-corrected chi connectivity index (χ2v) is 9.70. The van der Waals surface area contributed by atoms with E-state index in [1.54, 1.807) is 11.7 Å². The summed E-state index contributed by atoms with van der Waals surface area (Å²) in [6.45, 7) is 6.32. The van der Waals surface area contributed by atoms with Crippen molar-refractivity contribution in [2.24, 2.45) is 0 Å². The van der Waals surface area contributed by atoms with Gasteiger partial charge in [0.1, 0.15) is 10.4 Å². The summed E-state index contributed by atoms with van der Waals surface area (Å²) in [7, 11) is 1.61. The molecule has 0 radical (unpaired) electrons. The van der Waals surface area contributed by atoms with E-state index in [-0.39, 0.29) is 17.2 Å². The number of thiophene rings is 1. The van der Waals surface area contributed by atoms with Gasteiger partial charge in [-0.1, -0.05) is 47.7 Å². The number of nitrogens with zero attached hydrogens (tertiary/aromatic N) is 2. The molecule has 8 heteroatoms. The number of methoxy groups -OCH3 is 1. The van der Waals surface area contributed by atoms with Crippen LogP contribution >= 0.6 is 23.1 Å². The summed E-state index contributed by atoms with van der Waals surface area (Å²) >= 11 is 2.63. The lowest BCUT2D eigenvalue weighted by Crippen LogP contribution is -2.24. The molecule has 0 saturated heterocycles. The van der Waals surface area contributed by atoms with Crippen molar-refractivity contribution in [3.05, 3.63) is 80.5 Å². The first kappa shape index (κ1) is 23.1. The summed E-state index contributed by atoms with van der Waals surface area (Å²) in [5.74, 6) is 0.703. The highest BCUT2D eigenvalue weighted by Gasteiger charge is 2.17. The Balaban J connectivity index is 1.61. The fourth-order valence-electron chi connectivity index (χ4n) is 3.86. The lowest BCUT2D eigenvalue weighted by atomic mass is 10.1. The molecule has 4 rings (SSSR count). The van der Waals surface area contributed by atoms with Crippen molar-refractivity contribution in [2.45, 2.75) is 32.5 Å². The Morgan fingerprint density at radius 2 is 1.88 bits per heavy atom. The van der Waals surface area contributed by atoms with Crippen molar-refractivity contribution in [3.8, 4) is 5.75 Å². The quantitative estimate of drug-likeness (QED) is 0.292. The molecule has 4 aromatic rings. The summed E-state index contributed by atoms with van der Waals surface area (Å²) in [6, 6.07) is 13.5. The molecule has 2 aromatic carbocycles. The number of carbonyl (C=O) groups is 1. The summed E-state index contributed by atoms with van der Waals surface area (Å²) in [5, 5.41) is 5.38. The molecule has 0 spiro atoms. The summed E-state index contributed by atoms with van der Waals surface area (Å²) in [4.78, 5) is 30.7. The Kier molecular flexibility index (Phi) is 6.85. The standard InChI is InChI=1S/C25H25N3O3S2/c1-15-11-16(2)22(17(3)12-15)27-21(29)14-33-25-26-19-9-10-32-23(19)24(30)28(25)13-18-7-5-6-8-20(18)31-4/h5-12H,13-14H2,1-4H3,(H,27,29). The van der Waals surface area contributed by atoms with Crippen LogP contribution < -0.4 is 15.6 Å². The van der Waals surface area contributed by atoms with Crippen LogP contribution in [-0.2, 0) is 11.3 Å². The van der Waals surface area contributed by atoms with Gasteiger partial charge in [0.15, 0.2) is 5.16 Å². The maximum Gasteiger partial charge on any atom is 0.272 e. The average molecular weight is 480 g/mol. The monoisotopic (exact) mass is 479 g/mol. The maximum atomic E-state index is 13.2. The van der Waals surface area contributed by atoms with Gasteiger partial charge >= 0.3 is 0 Å². The Labute approximate surface area is 200 Å². The SMILES string of the molecule is COc1ccccc1Cn1c(SCC(=O)Nc2c(C)cc(C)cc2C)nc2ccsc2c1=O. The molecule has 2 heterocycles. The van der Waals surface area contributed by atoms with E-state index in [0.717, 1.165) is 27.9 Å². The molecular formula is C25H25N3O3S2. The van der Waals surface area contributed by atoms with Crippen LogP contribution in [0.15, 0.2) is 57.8 Å². The molecule has 0 aliphatic heterocycles. The van der Waals surface area contributed by atoms with Crippen LogP contribution in [0.4, 0.5) is 5.69 Å². The van der Waals surface area contributed by atoms with E-state index < -0.39 is 0 Å². The number of para-hydroxylation sites is 1. The Hall–Kier alpha value is -3.10. The predicted molar refractivity (Wildman–Crippen MR) is 136 cm³/mol. The van der Waals surface area contributed by atoms with Gasteiger partial charge in [-0.2, -0.15) is 0 Å². The molecule has 33 heavy (non-hydrogen) atoms. The molecule has 170 valence electrons. The average Bonchev–Trinajstić information content (AvgIpc) is 3.26. The van der Waals surface area contributed by atoms with E-state index in [1.807, 2.05) is 68.6 Å². The Morgan fingerprint density at radius 3 is 2.61 bits per heavy atom. The minimum atomic E-state index is -0.140. The molecule has 1 amide bonds. The maximum absolute atomic E-state index is 13.2. The summed E-state index contributed by atoms with van der Waals surface area (Å²) in [5.41, 5.74) is 5.44. The van der Waals surface area contributed by atoms with Gasteiger partial charge in [-0.05, 0) is 49.4 Å². The van der Waals surface area contributed by atoms with Gasteiger partial charge in [0.05, 0.1) is 24.9 Å². The third-order valence-corrected chi connectivity index (χ3v) is 7.19. The largest absolute Gasteiger partial charge is 0.496 e. The topological polar surface area (TPSA) is 73.2 Å². The number of fused-ring (bicyclic) bond motifs is 1. The molecule has 0 unspecified atom stereocenters. The zero-order valence-electron chi connectivity index (χ0n) is 19.0. The highest BCUT2D eigenvalue weighted by Crippen LogP contribution is 2.26. The number of aromatic nitrogens is 2. The number of ether oxygens (including phenoxy) is 1. The van der Waals surface area contributed by atoms with E-state index in [1.165, 1.54) is 23.1 Å². The number of rotatable bonds is 7. The summed E-state index contributed by atoms with van der Waals surface area (Å²) < 4.78 is 7.68.